The number of rotatable bonds is 11. The highest BCUT2D eigenvalue weighted by Crippen LogP contribution is 2.25. The third-order valence-corrected chi connectivity index (χ3v) is 4.81. The molecule has 0 bridgehead atoms. The number of halogens is 1. The molecule has 1 aromatic heterocycles. The van der Waals surface area contributed by atoms with E-state index < -0.39 is 5.60 Å². The molecule has 29 heavy (non-hydrogen) atoms. The fourth-order valence-electron chi connectivity index (χ4n) is 3.28. The van der Waals surface area contributed by atoms with Gasteiger partial charge in [-0.15, -0.1) is 0 Å². The molecule has 0 radical (unpaired) electrons. The second-order valence-corrected chi connectivity index (χ2v) is 7.16. The number of nitrogens with one attached hydrogen (secondary N) is 1. The van der Waals surface area contributed by atoms with Crippen molar-refractivity contribution < 1.29 is 24.1 Å². The molecule has 158 valence electrons. The predicted molar refractivity (Wildman–Crippen MR) is 108 cm³/mol. The summed E-state index contributed by atoms with van der Waals surface area (Å²) in [6.45, 7) is 3.45. The second kappa shape index (κ2) is 10.5. The Balaban J connectivity index is 1.38. The fraction of sp³-hybridized carbons (Fsp3) is 0.476. The van der Waals surface area contributed by atoms with Gasteiger partial charge in [0.05, 0.1) is 31.6 Å². The molecule has 1 aliphatic rings. The van der Waals surface area contributed by atoms with Crippen molar-refractivity contribution in [1.82, 2.24) is 10.3 Å². The van der Waals surface area contributed by atoms with Crippen LogP contribution in [-0.2, 0) is 11.3 Å². The van der Waals surface area contributed by atoms with Crippen LogP contribution in [0.3, 0.4) is 0 Å². The molecule has 8 heteroatoms. The van der Waals surface area contributed by atoms with Crippen molar-refractivity contribution >= 4 is 5.82 Å². The summed E-state index contributed by atoms with van der Waals surface area (Å²) in [5.74, 6) is 1.08. The van der Waals surface area contributed by atoms with Crippen molar-refractivity contribution in [2.45, 2.75) is 18.6 Å². The lowest BCUT2D eigenvalue weighted by Crippen LogP contribution is -2.43. The Morgan fingerprint density at radius 2 is 1.97 bits per heavy atom. The number of β-amino-alcohol motifs (C(OH)–C–C–N with tert-alkyl or cyclic N) is 1. The van der Waals surface area contributed by atoms with Crippen LogP contribution in [0.25, 0.3) is 0 Å². The molecule has 1 aliphatic heterocycles. The van der Waals surface area contributed by atoms with Gasteiger partial charge < -0.3 is 29.9 Å². The number of ether oxygens (including phenoxy) is 2. The average Bonchev–Trinajstić information content (AvgIpc) is 3.12. The van der Waals surface area contributed by atoms with Crippen LogP contribution in [-0.4, -0.2) is 66.9 Å². The van der Waals surface area contributed by atoms with Crippen LogP contribution in [0.15, 0.2) is 42.6 Å². The number of aliphatic hydroxyl groups excluding tert-OH is 1. The van der Waals surface area contributed by atoms with E-state index in [1.165, 1.54) is 12.3 Å². The van der Waals surface area contributed by atoms with Crippen molar-refractivity contribution in [3.05, 3.63) is 54.0 Å². The molecule has 7 nitrogen and oxygen atoms in total. The van der Waals surface area contributed by atoms with Gasteiger partial charge in [-0.1, -0.05) is 12.1 Å². The zero-order valence-corrected chi connectivity index (χ0v) is 16.4. The van der Waals surface area contributed by atoms with Crippen molar-refractivity contribution in [3.8, 4) is 5.75 Å². The lowest BCUT2D eigenvalue weighted by molar-refractivity contribution is 0.0626. The number of anilines is 1. The van der Waals surface area contributed by atoms with Crippen LogP contribution in [0.1, 0.15) is 12.0 Å². The zero-order chi connectivity index (χ0) is 20.5. The summed E-state index contributed by atoms with van der Waals surface area (Å²) in [6.07, 6.45) is 1.82. The minimum Gasteiger partial charge on any atom is -0.491 e. The summed E-state index contributed by atoms with van der Waals surface area (Å²) < 4.78 is 23.7. The molecule has 0 amide bonds. The summed E-state index contributed by atoms with van der Waals surface area (Å²) >= 11 is 0. The first-order valence-corrected chi connectivity index (χ1v) is 9.78. The number of hydrogen-bond acceptors (Lipinski definition) is 7. The molecule has 1 atom stereocenters. The first-order valence-electron chi connectivity index (χ1n) is 9.78. The summed E-state index contributed by atoms with van der Waals surface area (Å²) in [7, 11) is 0. The number of nitrogens with zero attached hydrogens (tertiary/aromatic N) is 2. The van der Waals surface area contributed by atoms with Crippen LogP contribution < -0.4 is 15.0 Å². The molecule has 0 unspecified atom stereocenters. The van der Waals surface area contributed by atoms with Gasteiger partial charge in [-0.2, -0.15) is 0 Å². The Kier molecular flexibility index (Phi) is 7.76. The lowest BCUT2D eigenvalue weighted by atomic mass is 10.0. The monoisotopic (exact) mass is 405 g/mol. The maximum absolute atomic E-state index is 13.0. The van der Waals surface area contributed by atoms with Crippen LogP contribution >= 0.6 is 0 Å². The zero-order valence-electron chi connectivity index (χ0n) is 16.4. The van der Waals surface area contributed by atoms with E-state index in [1.54, 1.807) is 6.07 Å². The van der Waals surface area contributed by atoms with E-state index in [0.717, 1.165) is 11.3 Å². The summed E-state index contributed by atoms with van der Waals surface area (Å²) in [4.78, 5) is 6.06. The van der Waals surface area contributed by atoms with Gasteiger partial charge in [0.1, 0.15) is 24.0 Å². The van der Waals surface area contributed by atoms with Crippen molar-refractivity contribution in [1.29, 1.82) is 0 Å². The molecule has 0 aliphatic carbocycles. The minimum absolute atomic E-state index is 0.0119. The highest BCUT2D eigenvalue weighted by atomic mass is 19.1. The summed E-state index contributed by atoms with van der Waals surface area (Å²) in [5, 5.41) is 22.8. The van der Waals surface area contributed by atoms with E-state index in [2.05, 4.69) is 10.3 Å². The van der Waals surface area contributed by atoms with Crippen LogP contribution in [0.4, 0.5) is 10.2 Å². The van der Waals surface area contributed by atoms with Crippen molar-refractivity contribution in [3.63, 3.8) is 0 Å². The van der Waals surface area contributed by atoms with E-state index in [1.807, 2.05) is 29.2 Å². The molecule has 1 fully saturated rings. The Morgan fingerprint density at radius 3 is 2.69 bits per heavy atom. The predicted octanol–water partition coefficient (Wildman–Crippen LogP) is 1.34. The van der Waals surface area contributed by atoms with Gasteiger partial charge in [0.2, 0.25) is 0 Å². The van der Waals surface area contributed by atoms with Gasteiger partial charge >= 0.3 is 0 Å². The quantitative estimate of drug-likeness (QED) is 0.486. The number of aromatic nitrogens is 1. The minimum atomic E-state index is -0.840. The fourth-order valence-corrected chi connectivity index (χ4v) is 3.28. The van der Waals surface area contributed by atoms with E-state index in [-0.39, 0.29) is 12.4 Å². The molecular weight excluding hydrogens is 377 g/mol. The molecule has 2 heterocycles. The standard InChI is InChI=1S/C21H28FN3O4/c22-18-3-6-20(24-14-18)25-8-7-21(27,16-25)15-23-13-17-1-4-19(5-2-17)29-12-11-28-10-9-26/h1-6,14,23,26-27H,7-13,15-16H2/t21-/m0/s1. The van der Waals surface area contributed by atoms with Gasteiger partial charge in [0, 0.05) is 26.2 Å². The van der Waals surface area contributed by atoms with E-state index >= 15 is 0 Å². The second-order valence-electron chi connectivity index (χ2n) is 7.16. The molecule has 3 rings (SSSR count). The topological polar surface area (TPSA) is 87.1 Å². The molecular formula is C21H28FN3O4. The molecule has 3 N–H and O–H groups in total. The number of pyridine rings is 1. The molecule has 2 aromatic rings. The Morgan fingerprint density at radius 1 is 1.14 bits per heavy atom. The van der Waals surface area contributed by atoms with Crippen LogP contribution in [0.2, 0.25) is 0 Å². The Bertz CT molecular complexity index is 745. The van der Waals surface area contributed by atoms with E-state index in [0.29, 0.717) is 58.2 Å². The van der Waals surface area contributed by atoms with Crippen LogP contribution in [0.5, 0.6) is 5.75 Å². The highest BCUT2D eigenvalue weighted by Gasteiger charge is 2.36. The number of aliphatic hydroxyl groups is 2. The van der Waals surface area contributed by atoms with Gasteiger partial charge in [0.15, 0.2) is 0 Å². The molecule has 0 spiro atoms. The third-order valence-electron chi connectivity index (χ3n) is 4.81. The molecule has 0 saturated carbocycles. The normalized spacial score (nSPS) is 18.9. The van der Waals surface area contributed by atoms with Gasteiger partial charge in [-0.3, -0.25) is 0 Å². The SMILES string of the molecule is OCCOCCOc1ccc(CNC[C@@]2(O)CCN(c3ccc(F)cn3)C2)cc1. The number of benzene rings is 1. The Labute approximate surface area is 170 Å². The Hall–Kier alpha value is -2.26. The third kappa shape index (κ3) is 6.64. The summed E-state index contributed by atoms with van der Waals surface area (Å²) in [6, 6.07) is 10.8. The van der Waals surface area contributed by atoms with Gasteiger partial charge in [-0.25, -0.2) is 9.37 Å². The van der Waals surface area contributed by atoms with Gasteiger partial charge in [-0.05, 0) is 36.2 Å². The molecule has 1 saturated heterocycles. The van der Waals surface area contributed by atoms with E-state index in [4.69, 9.17) is 14.6 Å². The van der Waals surface area contributed by atoms with Crippen LogP contribution in [0, 0.1) is 5.82 Å². The van der Waals surface area contributed by atoms with E-state index in [9.17, 15) is 9.50 Å². The first kappa shape index (κ1) is 21.4. The van der Waals surface area contributed by atoms with Crippen molar-refractivity contribution in [2.24, 2.45) is 0 Å². The first-order chi connectivity index (χ1) is 14.1. The highest BCUT2D eigenvalue weighted by molar-refractivity contribution is 5.40. The molecule has 1 aromatic carbocycles. The maximum Gasteiger partial charge on any atom is 0.141 e. The maximum atomic E-state index is 13.0. The largest absolute Gasteiger partial charge is 0.491 e. The van der Waals surface area contributed by atoms with Crippen molar-refractivity contribution in [2.75, 3.05) is 51.0 Å². The number of hydrogen-bond donors (Lipinski definition) is 3. The lowest BCUT2D eigenvalue weighted by Gasteiger charge is -2.24. The van der Waals surface area contributed by atoms with Gasteiger partial charge in [0.25, 0.3) is 0 Å². The average molecular weight is 405 g/mol. The summed E-state index contributed by atoms with van der Waals surface area (Å²) in [5.41, 5.74) is 0.251. The smallest absolute Gasteiger partial charge is 0.141 e.